The highest BCUT2D eigenvalue weighted by atomic mass is 35.5. The summed E-state index contributed by atoms with van der Waals surface area (Å²) in [5.41, 5.74) is 0.0730. The number of nitrogens with zero attached hydrogens (tertiary/aromatic N) is 2. The van der Waals surface area contributed by atoms with Crippen LogP contribution >= 0.6 is 11.6 Å². The Morgan fingerprint density at radius 3 is 2.35 bits per heavy atom. The van der Waals surface area contributed by atoms with Crippen LogP contribution in [0, 0.1) is 6.92 Å². The van der Waals surface area contributed by atoms with Gasteiger partial charge in [0.2, 0.25) is 21.8 Å². The summed E-state index contributed by atoms with van der Waals surface area (Å²) < 4.78 is 66.4. The average molecular weight is 602 g/mol. The van der Waals surface area contributed by atoms with E-state index in [0.29, 0.717) is 10.4 Å². The van der Waals surface area contributed by atoms with Crippen molar-refractivity contribution in [3.05, 3.63) is 64.2 Å². The lowest BCUT2D eigenvalue weighted by Crippen LogP contribution is -2.54. The normalized spacial score (nSPS) is 15.4. The zero-order valence-corrected chi connectivity index (χ0v) is 24.4. The van der Waals surface area contributed by atoms with Gasteiger partial charge in [0.1, 0.15) is 12.6 Å². The van der Waals surface area contributed by atoms with E-state index in [1.54, 1.807) is 13.0 Å². The van der Waals surface area contributed by atoms with Crippen molar-refractivity contribution in [2.75, 3.05) is 17.1 Å². The summed E-state index contributed by atoms with van der Waals surface area (Å²) in [6, 6.07) is 8.68. The first-order chi connectivity index (χ1) is 18.7. The van der Waals surface area contributed by atoms with E-state index in [1.807, 2.05) is 25.1 Å². The van der Waals surface area contributed by atoms with Crippen molar-refractivity contribution >= 4 is 39.1 Å². The molecular weight excluding hydrogens is 567 g/mol. The fourth-order valence-electron chi connectivity index (χ4n) is 4.95. The van der Waals surface area contributed by atoms with E-state index >= 15 is 0 Å². The molecule has 220 valence electrons. The quantitative estimate of drug-likeness (QED) is 0.379. The van der Waals surface area contributed by atoms with Gasteiger partial charge in [-0.2, -0.15) is 13.2 Å². The van der Waals surface area contributed by atoms with Crippen LogP contribution in [-0.2, 0) is 32.3 Å². The lowest BCUT2D eigenvalue weighted by molar-refractivity contribution is -0.140. The molecule has 0 bridgehead atoms. The Morgan fingerprint density at radius 2 is 1.77 bits per heavy atom. The molecule has 40 heavy (non-hydrogen) atoms. The molecule has 0 spiro atoms. The zero-order chi connectivity index (χ0) is 29.7. The summed E-state index contributed by atoms with van der Waals surface area (Å²) in [5, 5.41) is 2.77. The minimum Gasteiger partial charge on any atom is -0.352 e. The minimum atomic E-state index is -4.76. The zero-order valence-electron chi connectivity index (χ0n) is 22.8. The SMILES string of the molecule is CC[C@H](C(=O)NC1CCCCC1)N(Cc1cccc(C)c1)C(=O)CN(c1cc(C(F)(F)F)ccc1Cl)S(C)(=O)=O. The number of halogens is 4. The van der Waals surface area contributed by atoms with Crippen LogP contribution in [0.25, 0.3) is 0 Å². The van der Waals surface area contributed by atoms with E-state index in [1.165, 1.54) is 4.90 Å². The molecule has 0 aliphatic heterocycles. The average Bonchev–Trinajstić information content (AvgIpc) is 2.87. The van der Waals surface area contributed by atoms with Crippen molar-refractivity contribution in [1.29, 1.82) is 0 Å². The van der Waals surface area contributed by atoms with Gasteiger partial charge in [0.15, 0.2) is 0 Å². The fraction of sp³-hybridized carbons (Fsp3) is 0.500. The van der Waals surface area contributed by atoms with E-state index < -0.39 is 45.9 Å². The second kappa shape index (κ2) is 13.2. The Hall–Kier alpha value is -2.79. The van der Waals surface area contributed by atoms with Crippen LogP contribution in [0.4, 0.5) is 18.9 Å². The maximum absolute atomic E-state index is 13.8. The molecule has 2 amide bonds. The standard InChI is InChI=1S/C28H35ClF3N3O4S/c1-4-24(27(37)33-22-11-6-5-7-12-22)34(17-20-10-8-9-19(2)15-20)26(36)18-35(40(3,38)39)25-16-21(28(30,31)32)13-14-23(25)29/h8-10,13-16,22,24H,4-7,11-12,17-18H2,1-3H3,(H,33,37)/t24-/m1/s1. The number of alkyl halides is 3. The number of carbonyl (C=O) groups is 2. The van der Waals surface area contributed by atoms with Gasteiger partial charge in [0, 0.05) is 12.6 Å². The molecule has 0 heterocycles. The monoisotopic (exact) mass is 601 g/mol. The Bertz CT molecular complexity index is 1310. The number of nitrogens with one attached hydrogen (secondary N) is 1. The van der Waals surface area contributed by atoms with E-state index in [9.17, 15) is 31.2 Å². The van der Waals surface area contributed by atoms with Crippen molar-refractivity contribution in [3.8, 4) is 0 Å². The molecule has 1 fully saturated rings. The molecular formula is C28H35ClF3N3O4S. The van der Waals surface area contributed by atoms with Crippen molar-refractivity contribution in [1.82, 2.24) is 10.2 Å². The van der Waals surface area contributed by atoms with Gasteiger partial charge in [-0.3, -0.25) is 13.9 Å². The molecule has 2 aromatic carbocycles. The lowest BCUT2D eigenvalue weighted by atomic mass is 9.95. The highest BCUT2D eigenvalue weighted by Crippen LogP contribution is 2.36. The number of sulfonamides is 1. The number of hydrogen-bond acceptors (Lipinski definition) is 4. The Labute approximate surface area is 238 Å². The van der Waals surface area contributed by atoms with Crippen molar-refractivity contribution in [3.63, 3.8) is 0 Å². The Kier molecular flexibility index (Phi) is 10.5. The molecule has 1 N–H and O–H groups in total. The van der Waals surface area contributed by atoms with E-state index in [4.69, 9.17) is 11.6 Å². The molecule has 1 saturated carbocycles. The van der Waals surface area contributed by atoms with Gasteiger partial charge in [-0.25, -0.2) is 8.42 Å². The maximum Gasteiger partial charge on any atom is 0.416 e. The van der Waals surface area contributed by atoms with E-state index in [-0.39, 0.29) is 29.9 Å². The van der Waals surface area contributed by atoms with Gasteiger partial charge in [-0.1, -0.05) is 67.6 Å². The number of carbonyl (C=O) groups excluding carboxylic acids is 2. The van der Waals surface area contributed by atoms with E-state index in [0.717, 1.165) is 61.6 Å². The predicted molar refractivity (Wildman–Crippen MR) is 149 cm³/mol. The van der Waals surface area contributed by atoms with Gasteiger partial charge < -0.3 is 10.2 Å². The highest BCUT2D eigenvalue weighted by molar-refractivity contribution is 7.92. The summed E-state index contributed by atoms with van der Waals surface area (Å²) in [7, 11) is -4.25. The second-order valence-electron chi connectivity index (χ2n) is 10.2. The van der Waals surface area contributed by atoms with Gasteiger partial charge in [0.25, 0.3) is 0 Å². The molecule has 1 atom stereocenters. The van der Waals surface area contributed by atoms with Gasteiger partial charge in [-0.05, 0) is 49.9 Å². The summed E-state index contributed by atoms with van der Waals surface area (Å²) in [4.78, 5) is 28.6. The molecule has 3 rings (SSSR count). The number of rotatable bonds is 10. The van der Waals surface area contributed by atoms with Crippen LogP contribution in [-0.4, -0.2) is 50.0 Å². The lowest BCUT2D eigenvalue weighted by Gasteiger charge is -2.34. The Morgan fingerprint density at radius 1 is 1.10 bits per heavy atom. The molecule has 2 aromatic rings. The first-order valence-electron chi connectivity index (χ1n) is 13.2. The van der Waals surface area contributed by atoms with Crippen LogP contribution in [0.3, 0.4) is 0 Å². The molecule has 1 aliphatic carbocycles. The first-order valence-corrected chi connectivity index (χ1v) is 15.4. The molecule has 1 aliphatic rings. The topological polar surface area (TPSA) is 86.8 Å². The summed E-state index contributed by atoms with van der Waals surface area (Å²) >= 11 is 6.14. The van der Waals surface area contributed by atoms with Crippen molar-refractivity contribution in [2.45, 2.75) is 77.2 Å². The highest BCUT2D eigenvalue weighted by Gasteiger charge is 2.35. The van der Waals surface area contributed by atoms with Crippen LogP contribution < -0.4 is 9.62 Å². The van der Waals surface area contributed by atoms with Crippen LogP contribution in [0.1, 0.15) is 62.1 Å². The molecule has 0 saturated heterocycles. The number of amides is 2. The van der Waals surface area contributed by atoms with Crippen LogP contribution in [0.2, 0.25) is 5.02 Å². The number of aryl methyl sites for hydroxylation is 1. The van der Waals surface area contributed by atoms with Crippen molar-refractivity contribution in [2.24, 2.45) is 0 Å². The smallest absolute Gasteiger partial charge is 0.352 e. The minimum absolute atomic E-state index is 0.00499. The molecule has 7 nitrogen and oxygen atoms in total. The summed E-state index contributed by atoms with van der Waals surface area (Å²) in [6.45, 7) is 2.80. The Balaban J connectivity index is 1.99. The third-order valence-corrected chi connectivity index (χ3v) is 8.44. The van der Waals surface area contributed by atoms with Crippen LogP contribution in [0.15, 0.2) is 42.5 Å². The maximum atomic E-state index is 13.8. The third-order valence-electron chi connectivity index (χ3n) is 6.99. The largest absolute Gasteiger partial charge is 0.416 e. The van der Waals surface area contributed by atoms with Gasteiger partial charge in [0.05, 0.1) is 22.5 Å². The van der Waals surface area contributed by atoms with Crippen LogP contribution in [0.5, 0.6) is 0 Å². The van der Waals surface area contributed by atoms with E-state index in [2.05, 4.69) is 5.32 Å². The predicted octanol–water partition coefficient (Wildman–Crippen LogP) is 5.69. The molecule has 0 aromatic heterocycles. The van der Waals surface area contributed by atoms with Gasteiger partial charge in [-0.15, -0.1) is 0 Å². The fourth-order valence-corrected chi connectivity index (χ4v) is 6.07. The van der Waals surface area contributed by atoms with Crippen molar-refractivity contribution < 1.29 is 31.2 Å². The first kappa shape index (κ1) is 31.7. The third kappa shape index (κ3) is 8.36. The number of anilines is 1. The molecule has 0 radical (unpaired) electrons. The molecule has 12 heteroatoms. The second-order valence-corrected chi connectivity index (χ2v) is 12.5. The summed E-state index contributed by atoms with van der Waals surface area (Å²) in [5.74, 6) is -1.09. The summed E-state index contributed by atoms with van der Waals surface area (Å²) in [6.07, 6.45) is 1.04. The number of benzene rings is 2. The molecule has 0 unspecified atom stereocenters. The van der Waals surface area contributed by atoms with Gasteiger partial charge >= 0.3 is 6.18 Å². The number of hydrogen-bond donors (Lipinski definition) is 1.